The van der Waals surface area contributed by atoms with Crippen LogP contribution in [0.15, 0.2) is 0 Å². The Morgan fingerprint density at radius 3 is 2.42 bits per heavy atom. The Morgan fingerprint density at radius 2 is 1.92 bits per heavy atom. The van der Waals surface area contributed by atoms with Gasteiger partial charge in [-0.15, -0.1) is 0 Å². The molecule has 0 atom stereocenters. The number of nitrogens with zero attached hydrogens (tertiary/aromatic N) is 3. The van der Waals surface area contributed by atoms with Gasteiger partial charge in [-0.2, -0.15) is 0 Å². The van der Waals surface area contributed by atoms with Crippen LogP contribution in [0.4, 0.5) is 11.6 Å². The molecule has 0 aliphatic heterocycles. The molecule has 0 amide bonds. The predicted octanol–water partition coefficient (Wildman–Crippen LogP) is 1.27. The number of rotatable bonds is 1. The third-order valence-electron chi connectivity index (χ3n) is 0.991. The summed E-state index contributed by atoms with van der Waals surface area (Å²) in [5.41, 5.74) is 5.16. The second-order valence-electron chi connectivity index (χ2n) is 1.77. The molecule has 0 radical (unpaired) electrons. The Bertz CT molecular complexity index is 342. The molecule has 0 saturated carbocycles. The van der Waals surface area contributed by atoms with E-state index in [1.165, 1.54) is 0 Å². The molecular formula is C4H2Cl2N4O2. The van der Waals surface area contributed by atoms with Crippen LogP contribution in [0.3, 0.4) is 0 Å². The number of hydrogen-bond acceptors (Lipinski definition) is 5. The largest absolute Gasteiger partial charge is 0.403 e. The number of aromatic nitrogens is 2. The fourth-order valence-corrected chi connectivity index (χ4v) is 0.882. The zero-order valence-corrected chi connectivity index (χ0v) is 7.00. The second-order valence-corrected chi connectivity index (χ2v) is 2.49. The fourth-order valence-electron chi connectivity index (χ4n) is 0.516. The van der Waals surface area contributed by atoms with Gasteiger partial charge in [0.2, 0.25) is 5.15 Å². The number of nitro groups is 1. The van der Waals surface area contributed by atoms with Gasteiger partial charge in [0.25, 0.3) is 5.82 Å². The summed E-state index contributed by atoms with van der Waals surface area (Å²) in [5, 5.41) is 9.68. The molecule has 2 N–H and O–H groups in total. The van der Waals surface area contributed by atoms with E-state index in [1.807, 2.05) is 0 Å². The maximum atomic E-state index is 10.2. The average molecular weight is 209 g/mol. The van der Waals surface area contributed by atoms with Gasteiger partial charge in [0.1, 0.15) is 0 Å². The molecule has 1 rings (SSSR count). The van der Waals surface area contributed by atoms with E-state index in [0.29, 0.717) is 0 Å². The monoisotopic (exact) mass is 208 g/mol. The van der Waals surface area contributed by atoms with E-state index in [-0.39, 0.29) is 16.1 Å². The fraction of sp³-hybridized carbons (Fsp3) is 0. The smallest absolute Gasteiger partial charge is 0.360 e. The number of anilines is 1. The molecule has 0 aliphatic rings. The van der Waals surface area contributed by atoms with Crippen LogP contribution in [-0.4, -0.2) is 14.9 Å². The third kappa shape index (κ3) is 1.54. The van der Waals surface area contributed by atoms with Crippen LogP contribution in [0, 0.1) is 10.1 Å². The molecule has 0 saturated heterocycles. The molecule has 6 nitrogen and oxygen atoms in total. The van der Waals surface area contributed by atoms with E-state index >= 15 is 0 Å². The van der Waals surface area contributed by atoms with Gasteiger partial charge in [-0.3, -0.25) is 0 Å². The van der Waals surface area contributed by atoms with Crippen LogP contribution < -0.4 is 5.73 Å². The van der Waals surface area contributed by atoms with E-state index in [1.54, 1.807) is 0 Å². The highest BCUT2D eigenvalue weighted by Crippen LogP contribution is 2.24. The lowest BCUT2D eigenvalue weighted by Crippen LogP contribution is -2.00. The van der Waals surface area contributed by atoms with Crippen molar-refractivity contribution in [2.75, 3.05) is 5.73 Å². The van der Waals surface area contributed by atoms with Crippen LogP contribution in [0.5, 0.6) is 0 Å². The summed E-state index contributed by atoms with van der Waals surface area (Å²) in [4.78, 5) is 16.1. The topological polar surface area (TPSA) is 94.9 Å². The number of nitrogens with two attached hydrogens (primary N) is 1. The maximum Gasteiger partial charge on any atom is 0.403 e. The molecule has 1 aromatic heterocycles. The van der Waals surface area contributed by atoms with E-state index < -0.39 is 10.7 Å². The van der Waals surface area contributed by atoms with Gasteiger partial charge in [-0.1, -0.05) is 23.2 Å². The van der Waals surface area contributed by atoms with Gasteiger partial charge in [0.05, 0.1) is 0 Å². The van der Waals surface area contributed by atoms with E-state index in [4.69, 9.17) is 28.9 Å². The summed E-state index contributed by atoms with van der Waals surface area (Å²) in [6.45, 7) is 0. The van der Waals surface area contributed by atoms with Gasteiger partial charge >= 0.3 is 5.82 Å². The van der Waals surface area contributed by atoms with Crippen molar-refractivity contribution in [3.63, 3.8) is 0 Å². The van der Waals surface area contributed by atoms with E-state index in [2.05, 4.69) is 9.97 Å². The third-order valence-corrected chi connectivity index (χ3v) is 1.52. The molecule has 0 unspecified atom stereocenters. The van der Waals surface area contributed by atoms with Crippen LogP contribution >= 0.6 is 23.2 Å². The number of nitrogen functional groups attached to an aromatic ring is 1. The second kappa shape index (κ2) is 3.08. The van der Waals surface area contributed by atoms with Crippen molar-refractivity contribution in [1.29, 1.82) is 0 Å². The van der Waals surface area contributed by atoms with Crippen molar-refractivity contribution >= 4 is 34.8 Å². The van der Waals surface area contributed by atoms with Crippen LogP contribution in [0.2, 0.25) is 10.3 Å². The van der Waals surface area contributed by atoms with Crippen molar-refractivity contribution in [2.45, 2.75) is 0 Å². The lowest BCUT2D eigenvalue weighted by molar-refractivity contribution is -0.389. The van der Waals surface area contributed by atoms with E-state index in [0.717, 1.165) is 0 Å². The minimum absolute atomic E-state index is 0.148. The molecule has 64 valence electrons. The first-order valence-corrected chi connectivity index (χ1v) is 3.41. The Balaban J connectivity index is 3.33. The molecule has 12 heavy (non-hydrogen) atoms. The molecule has 1 heterocycles. The molecule has 1 aromatic rings. The van der Waals surface area contributed by atoms with Crippen molar-refractivity contribution < 1.29 is 4.92 Å². The summed E-state index contributed by atoms with van der Waals surface area (Å²) < 4.78 is 0. The predicted molar refractivity (Wildman–Crippen MR) is 43.1 cm³/mol. The highest BCUT2D eigenvalue weighted by atomic mass is 35.5. The highest BCUT2D eigenvalue weighted by molar-refractivity contribution is 6.34. The first-order chi connectivity index (χ1) is 5.52. The molecular weight excluding hydrogens is 207 g/mol. The van der Waals surface area contributed by atoms with Gasteiger partial charge in [0.15, 0.2) is 5.15 Å². The highest BCUT2D eigenvalue weighted by Gasteiger charge is 2.19. The first kappa shape index (κ1) is 8.95. The van der Waals surface area contributed by atoms with Gasteiger partial charge in [-0.05, 0) is 9.91 Å². The van der Waals surface area contributed by atoms with E-state index in [9.17, 15) is 10.1 Å². The summed E-state index contributed by atoms with van der Waals surface area (Å²) in [6, 6.07) is 0. The zero-order valence-electron chi connectivity index (χ0n) is 5.49. The molecule has 0 fully saturated rings. The summed E-state index contributed by atoms with van der Waals surface area (Å²) in [6.07, 6.45) is 0. The van der Waals surface area contributed by atoms with Crippen LogP contribution in [-0.2, 0) is 0 Å². The van der Waals surface area contributed by atoms with Crippen molar-refractivity contribution in [3.05, 3.63) is 20.4 Å². The molecule has 0 spiro atoms. The lowest BCUT2D eigenvalue weighted by atomic mass is 10.6. The van der Waals surface area contributed by atoms with Crippen molar-refractivity contribution in [1.82, 2.24) is 9.97 Å². The average Bonchev–Trinajstić information content (AvgIpc) is 1.96. The zero-order chi connectivity index (χ0) is 9.30. The quantitative estimate of drug-likeness (QED) is 0.554. The minimum atomic E-state index is -0.790. The standard InChI is InChI=1S/C4H2Cl2N4O2/c5-1-3(7)9-4(10(11)12)2(6)8-1/h(H2,7,9). The van der Waals surface area contributed by atoms with Gasteiger partial charge in [0, 0.05) is 0 Å². The van der Waals surface area contributed by atoms with Crippen LogP contribution in [0.1, 0.15) is 0 Å². The Kier molecular flexibility index (Phi) is 2.30. The van der Waals surface area contributed by atoms with Crippen molar-refractivity contribution in [3.8, 4) is 0 Å². The Hall–Kier alpha value is -1.14. The van der Waals surface area contributed by atoms with Crippen molar-refractivity contribution in [2.24, 2.45) is 0 Å². The summed E-state index contributed by atoms with van der Waals surface area (Å²) in [7, 11) is 0. The molecule has 0 aliphatic carbocycles. The molecule has 0 bridgehead atoms. The Labute approximate surface area is 76.5 Å². The Morgan fingerprint density at radius 1 is 1.33 bits per heavy atom. The summed E-state index contributed by atoms with van der Waals surface area (Å²) in [5.74, 6) is -0.814. The minimum Gasteiger partial charge on any atom is -0.360 e. The van der Waals surface area contributed by atoms with Gasteiger partial charge < -0.3 is 15.8 Å². The number of hydrogen-bond donors (Lipinski definition) is 1. The first-order valence-electron chi connectivity index (χ1n) is 2.65. The number of halogens is 2. The maximum absolute atomic E-state index is 10.2. The molecule has 0 aromatic carbocycles. The van der Waals surface area contributed by atoms with Crippen LogP contribution in [0.25, 0.3) is 0 Å². The SMILES string of the molecule is Nc1nc([N+](=O)[O-])c(Cl)nc1Cl. The lowest BCUT2D eigenvalue weighted by Gasteiger charge is -1.95. The van der Waals surface area contributed by atoms with Gasteiger partial charge in [-0.25, -0.2) is 4.98 Å². The molecule has 8 heteroatoms. The normalized spacial score (nSPS) is 9.83. The summed E-state index contributed by atoms with van der Waals surface area (Å²) >= 11 is 10.7.